The highest BCUT2D eigenvalue weighted by Crippen LogP contribution is 2.29. The van der Waals surface area contributed by atoms with Crippen molar-refractivity contribution in [1.82, 2.24) is 10.2 Å². The van der Waals surface area contributed by atoms with Gasteiger partial charge in [0.25, 0.3) is 5.91 Å². The molecule has 28 heavy (non-hydrogen) atoms. The molecule has 8 heteroatoms. The van der Waals surface area contributed by atoms with E-state index in [1.54, 1.807) is 55.5 Å². The van der Waals surface area contributed by atoms with E-state index in [4.69, 9.17) is 11.6 Å². The number of nitrogens with one attached hydrogen (secondary N) is 2. The fourth-order valence-electron chi connectivity index (χ4n) is 3.05. The molecule has 2 aromatic rings. The van der Waals surface area contributed by atoms with Gasteiger partial charge in [-0.05, 0) is 43.7 Å². The van der Waals surface area contributed by atoms with Crippen LogP contribution in [0.3, 0.4) is 0 Å². The smallest absolute Gasteiger partial charge is 0.324 e. The highest BCUT2D eigenvalue weighted by molar-refractivity contribution is 6.30. The second kappa shape index (κ2) is 7.44. The van der Waals surface area contributed by atoms with E-state index >= 15 is 0 Å². The number of urea groups is 1. The van der Waals surface area contributed by atoms with Gasteiger partial charge in [-0.1, -0.05) is 35.9 Å². The normalized spacial score (nSPS) is 18.8. The van der Waals surface area contributed by atoms with Gasteiger partial charge in [-0.25, -0.2) is 4.79 Å². The summed E-state index contributed by atoms with van der Waals surface area (Å²) in [6.45, 7) is 2.49. The predicted molar refractivity (Wildman–Crippen MR) is 104 cm³/mol. The lowest BCUT2D eigenvalue weighted by molar-refractivity contribution is -0.133. The summed E-state index contributed by atoms with van der Waals surface area (Å²) in [5, 5.41) is 5.71. The maximum absolute atomic E-state index is 12.9. The van der Waals surface area contributed by atoms with Crippen molar-refractivity contribution in [1.29, 1.82) is 0 Å². The number of ketones is 1. The third kappa shape index (κ3) is 3.61. The Bertz CT molecular complexity index is 974. The van der Waals surface area contributed by atoms with Crippen molar-refractivity contribution in [3.8, 4) is 0 Å². The molecule has 1 aliphatic rings. The van der Waals surface area contributed by atoms with Crippen LogP contribution in [0.15, 0.2) is 48.5 Å². The number of nitrogens with zero attached hydrogens (tertiary/aromatic N) is 1. The number of hydrogen-bond donors (Lipinski definition) is 2. The van der Waals surface area contributed by atoms with Gasteiger partial charge in [-0.3, -0.25) is 19.3 Å². The molecule has 1 aliphatic heterocycles. The standard InChI is InChI=1S/C20H18ClN3O4/c1-12(25)15-5-3-4-6-16(15)22-17(26)11-24-18(27)20(2,23-19(24)28)13-7-9-14(21)10-8-13/h3-10H,11H2,1-2H3,(H,22,26)(H,23,28)/t20-/m0/s1. The summed E-state index contributed by atoms with van der Waals surface area (Å²) < 4.78 is 0. The van der Waals surface area contributed by atoms with Gasteiger partial charge in [0.1, 0.15) is 12.1 Å². The van der Waals surface area contributed by atoms with Gasteiger partial charge in [0, 0.05) is 10.6 Å². The van der Waals surface area contributed by atoms with E-state index in [0.29, 0.717) is 21.8 Å². The summed E-state index contributed by atoms with van der Waals surface area (Å²) in [4.78, 5) is 50.1. The molecule has 2 N–H and O–H groups in total. The number of halogens is 1. The largest absolute Gasteiger partial charge is 0.325 e. The number of Topliss-reactive ketones (excluding diaryl/α,β-unsaturated/α-hetero) is 1. The average molecular weight is 400 g/mol. The summed E-state index contributed by atoms with van der Waals surface area (Å²) in [7, 11) is 0. The summed E-state index contributed by atoms with van der Waals surface area (Å²) in [6, 6.07) is 12.4. The summed E-state index contributed by atoms with van der Waals surface area (Å²) in [6.07, 6.45) is 0. The Kier molecular flexibility index (Phi) is 5.20. The van der Waals surface area contributed by atoms with Gasteiger partial charge in [0.05, 0.1) is 5.69 Å². The van der Waals surface area contributed by atoms with Crippen molar-refractivity contribution in [2.75, 3.05) is 11.9 Å². The van der Waals surface area contributed by atoms with E-state index < -0.39 is 29.9 Å². The Hall–Kier alpha value is -3.19. The molecular formula is C20H18ClN3O4. The molecule has 1 atom stereocenters. The maximum atomic E-state index is 12.9. The van der Waals surface area contributed by atoms with E-state index in [0.717, 1.165) is 4.90 Å². The maximum Gasteiger partial charge on any atom is 0.325 e. The minimum Gasteiger partial charge on any atom is -0.324 e. The Morgan fingerprint density at radius 2 is 1.75 bits per heavy atom. The highest BCUT2D eigenvalue weighted by atomic mass is 35.5. The second-order valence-electron chi connectivity index (χ2n) is 6.60. The van der Waals surface area contributed by atoms with Gasteiger partial charge in [-0.15, -0.1) is 0 Å². The number of para-hydroxylation sites is 1. The van der Waals surface area contributed by atoms with Crippen LogP contribution in [0.2, 0.25) is 5.02 Å². The first-order valence-electron chi connectivity index (χ1n) is 8.52. The Morgan fingerprint density at radius 3 is 2.39 bits per heavy atom. The van der Waals surface area contributed by atoms with Gasteiger partial charge >= 0.3 is 6.03 Å². The molecule has 0 aromatic heterocycles. The van der Waals surface area contributed by atoms with Crippen LogP contribution < -0.4 is 10.6 Å². The van der Waals surface area contributed by atoms with Crippen LogP contribution in [-0.2, 0) is 15.1 Å². The molecule has 0 aliphatic carbocycles. The first-order valence-corrected chi connectivity index (χ1v) is 8.90. The van der Waals surface area contributed by atoms with Crippen LogP contribution >= 0.6 is 11.6 Å². The van der Waals surface area contributed by atoms with Crippen LogP contribution in [0.4, 0.5) is 10.5 Å². The number of rotatable bonds is 5. The zero-order valence-electron chi connectivity index (χ0n) is 15.3. The topological polar surface area (TPSA) is 95.6 Å². The van der Waals surface area contributed by atoms with Crippen LogP contribution in [0.1, 0.15) is 29.8 Å². The number of carbonyl (C=O) groups is 4. The number of carbonyl (C=O) groups excluding carboxylic acids is 4. The Balaban J connectivity index is 1.77. The minimum absolute atomic E-state index is 0.207. The van der Waals surface area contributed by atoms with E-state index in [2.05, 4.69) is 10.6 Å². The van der Waals surface area contributed by atoms with Gasteiger partial charge < -0.3 is 10.6 Å². The van der Waals surface area contributed by atoms with Crippen LogP contribution in [0.25, 0.3) is 0 Å². The predicted octanol–water partition coefficient (Wildman–Crippen LogP) is 2.95. The quantitative estimate of drug-likeness (QED) is 0.596. The molecule has 0 unspecified atom stereocenters. The first-order chi connectivity index (χ1) is 13.2. The van der Waals surface area contributed by atoms with Gasteiger partial charge in [-0.2, -0.15) is 0 Å². The lowest BCUT2D eigenvalue weighted by Gasteiger charge is -2.22. The zero-order chi connectivity index (χ0) is 20.5. The average Bonchev–Trinajstić information content (AvgIpc) is 2.86. The number of benzene rings is 2. The highest BCUT2D eigenvalue weighted by Gasteiger charge is 2.49. The summed E-state index contributed by atoms with van der Waals surface area (Å²) in [5.74, 6) is -1.34. The number of anilines is 1. The third-order valence-corrected chi connectivity index (χ3v) is 4.83. The van der Waals surface area contributed by atoms with Crippen molar-refractivity contribution in [2.45, 2.75) is 19.4 Å². The molecule has 0 saturated carbocycles. The molecule has 7 nitrogen and oxygen atoms in total. The first kappa shape index (κ1) is 19.6. The van der Waals surface area contributed by atoms with Crippen LogP contribution in [0.5, 0.6) is 0 Å². The molecule has 3 rings (SSSR count). The molecule has 0 radical (unpaired) electrons. The van der Waals surface area contributed by atoms with Gasteiger partial charge in [0.15, 0.2) is 5.78 Å². The van der Waals surface area contributed by atoms with Crippen molar-refractivity contribution >= 4 is 40.9 Å². The third-order valence-electron chi connectivity index (χ3n) is 4.58. The lowest BCUT2D eigenvalue weighted by atomic mass is 9.92. The number of imide groups is 1. The Labute approximate surface area is 166 Å². The number of hydrogen-bond acceptors (Lipinski definition) is 4. The monoisotopic (exact) mass is 399 g/mol. The Morgan fingerprint density at radius 1 is 1.11 bits per heavy atom. The molecule has 2 aromatic carbocycles. The zero-order valence-corrected chi connectivity index (χ0v) is 16.0. The van der Waals surface area contributed by atoms with E-state index in [9.17, 15) is 19.2 Å². The molecule has 4 amide bonds. The fraction of sp³-hybridized carbons (Fsp3) is 0.200. The minimum atomic E-state index is -1.29. The molecule has 1 fully saturated rings. The van der Waals surface area contributed by atoms with Gasteiger partial charge in [0.2, 0.25) is 5.91 Å². The van der Waals surface area contributed by atoms with Crippen LogP contribution in [-0.4, -0.2) is 35.1 Å². The molecular weight excluding hydrogens is 382 g/mol. The van der Waals surface area contributed by atoms with Crippen molar-refractivity contribution in [2.24, 2.45) is 0 Å². The molecule has 144 valence electrons. The lowest BCUT2D eigenvalue weighted by Crippen LogP contribution is -2.42. The van der Waals surface area contributed by atoms with E-state index in [-0.39, 0.29) is 5.78 Å². The SMILES string of the molecule is CC(=O)c1ccccc1NC(=O)CN1C(=O)N[C@@](C)(c2ccc(Cl)cc2)C1=O. The van der Waals surface area contributed by atoms with E-state index in [1.807, 2.05) is 0 Å². The molecule has 0 bridgehead atoms. The van der Waals surface area contributed by atoms with Crippen molar-refractivity contribution < 1.29 is 19.2 Å². The van der Waals surface area contributed by atoms with Crippen LogP contribution in [0, 0.1) is 0 Å². The summed E-state index contributed by atoms with van der Waals surface area (Å²) >= 11 is 5.88. The van der Waals surface area contributed by atoms with E-state index in [1.165, 1.54) is 6.92 Å². The van der Waals surface area contributed by atoms with Crippen molar-refractivity contribution in [3.05, 3.63) is 64.7 Å². The van der Waals surface area contributed by atoms with Crippen molar-refractivity contribution in [3.63, 3.8) is 0 Å². The fourth-order valence-corrected chi connectivity index (χ4v) is 3.18. The second-order valence-corrected chi connectivity index (χ2v) is 7.04. The molecule has 0 spiro atoms. The number of amides is 4. The molecule has 1 heterocycles. The summed E-state index contributed by atoms with van der Waals surface area (Å²) in [5.41, 5.74) is -0.0640. The molecule has 1 saturated heterocycles.